The van der Waals surface area contributed by atoms with Crippen LogP contribution >= 0.6 is 0 Å². The maximum atomic E-state index is 13.3. The molecule has 0 aromatic heterocycles. The van der Waals surface area contributed by atoms with Gasteiger partial charge in [0.1, 0.15) is 28.8 Å². The van der Waals surface area contributed by atoms with E-state index in [0.29, 0.717) is 28.5 Å². The number of aromatic hydroxyl groups is 1. The van der Waals surface area contributed by atoms with E-state index in [2.05, 4.69) is 0 Å². The molecule has 34 heavy (non-hydrogen) atoms. The van der Waals surface area contributed by atoms with Gasteiger partial charge in [-0.15, -0.1) is 0 Å². The summed E-state index contributed by atoms with van der Waals surface area (Å²) in [7, 11) is 4.43. The van der Waals surface area contributed by atoms with E-state index in [9.17, 15) is 19.8 Å². The molecule has 1 atom stereocenters. The Morgan fingerprint density at radius 1 is 0.853 bits per heavy atom. The molecule has 3 aromatic rings. The topological polar surface area (TPSA) is 106 Å². The second kappa shape index (κ2) is 9.19. The van der Waals surface area contributed by atoms with Gasteiger partial charge >= 0.3 is 0 Å². The summed E-state index contributed by atoms with van der Waals surface area (Å²) >= 11 is 0. The first-order valence-electron chi connectivity index (χ1n) is 10.4. The van der Waals surface area contributed by atoms with Crippen molar-refractivity contribution in [2.45, 2.75) is 6.04 Å². The van der Waals surface area contributed by atoms with Crippen LogP contribution in [0.5, 0.6) is 23.0 Å². The smallest absolute Gasteiger partial charge is 0.300 e. The van der Waals surface area contributed by atoms with Gasteiger partial charge in [-0.3, -0.25) is 14.5 Å². The number of Topliss-reactive ketones (excluding diaryl/α,β-unsaturated/α-hetero) is 1. The standard InChI is InChI=1S/C26H23NO7/c1-32-18-9-7-16(8-10-18)27-23(15-5-4-6-17(28)13-15)22(25(30)26(27)31)24(29)20-14-19(33-2)11-12-21(20)34-3/h4-14,23,28-29H,1-3H3/b24-22+. The fourth-order valence-electron chi connectivity index (χ4n) is 4.00. The van der Waals surface area contributed by atoms with Crippen LogP contribution < -0.4 is 19.1 Å². The van der Waals surface area contributed by atoms with Crippen molar-refractivity contribution in [2.75, 3.05) is 26.2 Å². The van der Waals surface area contributed by atoms with Crippen LogP contribution in [0.25, 0.3) is 5.76 Å². The monoisotopic (exact) mass is 461 g/mol. The van der Waals surface area contributed by atoms with E-state index in [4.69, 9.17) is 14.2 Å². The number of carbonyl (C=O) groups excluding carboxylic acids is 2. The Balaban J connectivity index is 1.97. The average Bonchev–Trinajstić information content (AvgIpc) is 3.13. The van der Waals surface area contributed by atoms with E-state index < -0.39 is 23.5 Å². The van der Waals surface area contributed by atoms with Crippen molar-refractivity contribution in [3.63, 3.8) is 0 Å². The second-order valence-electron chi connectivity index (χ2n) is 7.53. The van der Waals surface area contributed by atoms with Crippen LogP contribution in [0.3, 0.4) is 0 Å². The normalized spacial score (nSPS) is 17.0. The summed E-state index contributed by atoms with van der Waals surface area (Å²) in [6.07, 6.45) is 0. The Kier molecular flexibility index (Phi) is 6.14. The Hall–Kier alpha value is -4.46. The highest BCUT2D eigenvalue weighted by Gasteiger charge is 2.47. The van der Waals surface area contributed by atoms with E-state index in [1.54, 1.807) is 48.5 Å². The molecule has 1 unspecified atom stereocenters. The van der Waals surface area contributed by atoms with E-state index >= 15 is 0 Å². The first kappa shape index (κ1) is 22.7. The number of carbonyl (C=O) groups is 2. The summed E-state index contributed by atoms with van der Waals surface area (Å²) in [4.78, 5) is 27.8. The number of ether oxygens (including phenoxy) is 3. The molecule has 4 rings (SSSR count). The first-order valence-corrected chi connectivity index (χ1v) is 10.4. The Bertz CT molecular complexity index is 1280. The molecule has 0 aliphatic carbocycles. The van der Waals surface area contributed by atoms with Gasteiger partial charge in [0.05, 0.1) is 38.5 Å². The molecular weight excluding hydrogens is 438 g/mol. The molecule has 0 bridgehead atoms. The van der Waals surface area contributed by atoms with Crippen LogP contribution in [0, 0.1) is 0 Å². The zero-order valence-corrected chi connectivity index (χ0v) is 18.8. The van der Waals surface area contributed by atoms with Crippen molar-refractivity contribution < 1.29 is 34.0 Å². The fourth-order valence-corrected chi connectivity index (χ4v) is 4.00. The van der Waals surface area contributed by atoms with Gasteiger partial charge in [-0.05, 0) is 60.2 Å². The molecule has 0 saturated carbocycles. The minimum atomic E-state index is -1.00. The minimum absolute atomic E-state index is 0.0446. The third kappa shape index (κ3) is 3.90. The summed E-state index contributed by atoms with van der Waals surface area (Å²) in [5.74, 6) is -0.844. The van der Waals surface area contributed by atoms with Gasteiger partial charge in [0, 0.05) is 5.69 Å². The van der Waals surface area contributed by atoms with E-state index in [1.807, 2.05) is 0 Å². The van der Waals surface area contributed by atoms with Crippen molar-refractivity contribution in [1.82, 2.24) is 0 Å². The first-order chi connectivity index (χ1) is 16.4. The lowest BCUT2D eigenvalue weighted by Crippen LogP contribution is -2.29. The molecule has 0 spiro atoms. The maximum Gasteiger partial charge on any atom is 0.300 e. The van der Waals surface area contributed by atoms with Crippen LogP contribution in [0.15, 0.2) is 72.3 Å². The highest BCUT2D eigenvalue weighted by atomic mass is 16.5. The predicted octanol–water partition coefficient (Wildman–Crippen LogP) is 4.04. The summed E-state index contributed by atoms with van der Waals surface area (Å²) in [6, 6.07) is 16.6. The zero-order chi connectivity index (χ0) is 24.4. The Morgan fingerprint density at radius 3 is 2.15 bits per heavy atom. The molecule has 2 N–H and O–H groups in total. The quantitative estimate of drug-likeness (QED) is 0.324. The van der Waals surface area contributed by atoms with Crippen LogP contribution in [-0.4, -0.2) is 43.2 Å². The van der Waals surface area contributed by atoms with E-state index in [1.165, 1.54) is 44.4 Å². The third-order valence-corrected chi connectivity index (χ3v) is 5.64. The molecule has 0 radical (unpaired) electrons. The number of hydrogen-bond donors (Lipinski definition) is 2. The molecule has 8 nitrogen and oxygen atoms in total. The van der Waals surface area contributed by atoms with Crippen molar-refractivity contribution in [3.8, 4) is 23.0 Å². The van der Waals surface area contributed by atoms with Gasteiger partial charge in [-0.2, -0.15) is 0 Å². The maximum absolute atomic E-state index is 13.3. The van der Waals surface area contributed by atoms with Gasteiger partial charge < -0.3 is 24.4 Å². The minimum Gasteiger partial charge on any atom is -0.508 e. The lowest BCUT2D eigenvalue weighted by Gasteiger charge is -2.25. The second-order valence-corrected chi connectivity index (χ2v) is 7.53. The summed E-state index contributed by atoms with van der Waals surface area (Å²) in [6.45, 7) is 0. The molecule has 1 aliphatic rings. The largest absolute Gasteiger partial charge is 0.508 e. The molecule has 1 aliphatic heterocycles. The molecule has 174 valence electrons. The molecule has 1 fully saturated rings. The average molecular weight is 461 g/mol. The van der Waals surface area contributed by atoms with Crippen molar-refractivity contribution in [2.24, 2.45) is 0 Å². The van der Waals surface area contributed by atoms with E-state index in [0.717, 1.165) is 0 Å². The fraction of sp³-hybridized carbons (Fsp3) is 0.154. The number of benzene rings is 3. The van der Waals surface area contributed by atoms with Crippen molar-refractivity contribution in [1.29, 1.82) is 0 Å². The van der Waals surface area contributed by atoms with Crippen LogP contribution in [0.2, 0.25) is 0 Å². The number of hydrogen-bond acceptors (Lipinski definition) is 7. The molecule has 3 aromatic carbocycles. The molecule has 8 heteroatoms. The molecular formula is C26H23NO7. The number of methoxy groups -OCH3 is 3. The predicted molar refractivity (Wildman–Crippen MR) is 125 cm³/mol. The van der Waals surface area contributed by atoms with Gasteiger partial charge in [0.15, 0.2) is 0 Å². The van der Waals surface area contributed by atoms with E-state index in [-0.39, 0.29) is 16.9 Å². The summed E-state index contributed by atoms with van der Waals surface area (Å²) in [5, 5.41) is 21.5. The van der Waals surface area contributed by atoms with Gasteiger partial charge in [0.25, 0.3) is 11.7 Å². The summed E-state index contributed by atoms with van der Waals surface area (Å²) < 4.78 is 15.8. The SMILES string of the molecule is COc1ccc(N2C(=O)C(=O)/C(=C(/O)c3cc(OC)ccc3OC)C2c2cccc(O)c2)cc1. The number of phenols is 1. The highest BCUT2D eigenvalue weighted by molar-refractivity contribution is 6.51. The zero-order valence-electron chi connectivity index (χ0n) is 18.8. The van der Waals surface area contributed by atoms with Gasteiger partial charge in [0.2, 0.25) is 0 Å². The molecule has 1 saturated heterocycles. The molecule has 1 heterocycles. The number of ketones is 1. The molecule has 1 amide bonds. The number of anilines is 1. The van der Waals surface area contributed by atoms with Crippen LogP contribution in [-0.2, 0) is 9.59 Å². The Labute approximate surface area is 196 Å². The number of nitrogens with zero attached hydrogens (tertiary/aromatic N) is 1. The van der Waals surface area contributed by atoms with Crippen LogP contribution in [0.1, 0.15) is 17.2 Å². The highest BCUT2D eigenvalue weighted by Crippen LogP contribution is 2.44. The Morgan fingerprint density at radius 2 is 1.53 bits per heavy atom. The van der Waals surface area contributed by atoms with Crippen molar-refractivity contribution >= 4 is 23.1 Å². The number of phenolic OH excluding ortho intramolecular Hbond substituents is 1. The number of aliphatic hydroxyl groups excluding tert-OH is 1. The lowest BCUT2D eigenvalue weighted by atomic mass is 9.94. The third-order valence-electron chi connectivity index (χ3n) is 5.64. The number of amides is 1. The van der Waals surface area contributed by atoms with Gasteiger partial charge in [-0.1, -0.05) is 12.1 Å². The van der Waals surface area contributed by atoms with Gasteiger partial charge in [-0.25, -0.2) is 0 Å². The van der Waals surface area contributed by atoms with Crippen LogP contribution in [0.4, 0.5) is 5.69 Å². The number of rotatable bonds is 6. The lowest BCUT2D eigenvalue weighted by molar-refractivity contribution is -0.132. The summed E-state index contributed by atoms with van der Waals surface area (Å²) in [5.41, 5.74) is 0.920. The van der Waals surface area contributed by atoms with Crippen molar-refractivity contribution in [3.05, 3.63) is 83.4 Å². The number of aliphatic hydroxyl groups is 1.